The number of carbonyl (C=O) groups is 1. The molecule has 1 aromatic carbocycles. The van der Waals surface area contributed by atoms with Crippen LogP contribution in [0.4, 0.5) is 10.1 Å². The summed E-state index contributed by atoms with van der Waals surface area (Å²) in [5, 5.41) is 0. The van der Waals surface area contributed by atoms with Gasteiger partial charge in [-0.25, -0.2) is 0 Å². The van der Waals surface area contributed by atoms with Gasteiger partial charge in [-0.05, 0) is 44.9 Å². The van der Waals surface area contributed by atoms with Crippen molar-refractivity contribution in [3.63, 3.8) is 0 Å². The third-order valence-corrected chi connectivity index (χ3v) is 3.05. The molecule has 1 amide bonds. The molecule has 98 valence electrons. The van der Waals surface area contributed by atoms with Gasteiger partial charge in [-0.15, -0.1) is 0 Å². The maximum Gasteiger partial charge on any atom is 0.270 e. The van der Waals surface area contributed by atoms with E-state index in [2.05, 4.69) is 0 Å². The van der Waals surface area contributed by atoms with Crippen LogP contribution in [0.2, 0.25) is 0 Å². The normalized spacial score (nSPS) is 17.3. The van der Waals surface area contributed by atoms with E-state index in [4.69, 9.17) is 4.74 Å². The molecule has 1 aliphatic rings. The quantitative estimate of drug-likeness (QED) is 0.826. The first-order valence-electron chi connectivity index (χ1n) is 6.13. The Morgan fingerprint density at radius 3 is 2.78 bits per heavy atom. The Labute approximate surface area is 107 Å². The van der Waals surface area contributed by atoms with E-state index in [1.807, 2.05) is 25.1 Å². The van der Waals surface area contributed by atoms with Gasteiger partial charge in [0.1, 0.15) is 5.75 Å². The Hall–Kier alpha value is -1.58. The molecule has 1 aliphatic heterocycles. The minimum atomic E-state index is -0.892. The first-order chi connectivity index (χ1) is 8.45. The number of fused-ring (bicyclic) bond motifs is 1. The molecule has 4 heteroatoms. The zero-order valence-corrected chi connectivity index (χ0v) is 11.0. The van der Waals surface area contributed by atoms with Crippen molar-refractivity contribution in [2.45, 2.75) is 32.8 Å². The first kappa shape index (κ1) is 12.9. The molecule has 1 heterocycles. The molecule has 1 aromatic rings. The second-order valence-corrected chi connectivity index (χ2v) is 5.08. The van der Waals surface area contributed by atoms with Crippen molar-refractivity contribution in [3.05, 3.63) is 23.8 Å². The van der Waals surface area contributed by atoms with Crippen LogP contribution in [0.1, 0.15) is 25.8 Å². The van der Waals surface area contributed by atoms with Crippen molar-refractivity contribution >= 4 is 11.6 Å². The van der Waals surface area contributed by atoms with E-state index in [1.54, 1.807) is 18.7 Å². The number of halogens is 1. The van der Waals surface area contributed by atoms with Gasteiger partial charge in [0.25, 0.3) is 5.91 Å². The maximum absolute atomic E-state index is 12.3. The monoisotopic (exact) mass is 251 g/mol. The summed E-state index contributed by atoms with van der Waals surface area (Å²) in [6.45, 7) is 5.41. The van der Waals surface area contributed by atoms with Crippen molar-refractivity contribution < 1.29 is 13.9 Å². The van der Waals surface area contributed by atoms with Crippen molar-refractivity contribution in [1.29, 1.82) is 0 Å². The molecule has 0 fully saturated rings. The van der Waals surface area contributed by atoms with Crippen LogP contribution in [-0.2, 0) is 4.79 Å². The summed E-state index contributed by atoms with van der Waals surface area (Å²) in [4.78, 5) is 13.9. The van der Waals surface area contributed by atoms with Crippen LogP contribution >= 0.6 is 0 Å². The molecule has 3 nitrogen and oxygen atoms in total. The van der Waals surface area contributed by atoms with Crippen LogP contribution in [0.5, 0.6) is 5.75 Å². The predicted octanol–water partition coefficient (Wildman–Crippen LogP) is 2.86. The van der Waals surface area contributed by atoms with E-state index in [0.29, 0.717) is 18.7 Å². The Morgan fingerprint density at radius 1 is 1.39 bits per heavy atom. The standard InChI is InChI=1S/C14H18FNO2/c1-10-5-6-11-12(9-10)18-14(2,3)13(17)16(11)8-4-7-15/h5-6,9H,4,7-8H2,1-3H3. The van der Waals surface area contributed by atoms with Crippen LogP contribution in [0.15, 0.2) is 18.2 Å². The lowest BCUT2D eigenvalue weighted by atomic mass is 10.0. The van der Waals surface area contributed by atoms with E-state index in [0.717, 1.165) is 11.3 Å². The number of amides is 1. The third-order valence-electron chi connectivity index (χ3n) is 3.05. The highest BCUT2D eigenvalue weighted by molar-refractivity contribution is 6.02. The number of rotatable bonds is 3. The number of ether oxygens (including phenoxy) is 1. The van der Waals surface area contributed by atoms with Crippen LogP contribution in [0.3, 0.4) is 0 Å². The zero-order valence-electron chi connectivity index (χ0n) is 11.0. The highest BCUT2D eigenvalue weighted by atomic mass is 19.1. The molecular formula is C14H18FNO2. The third kappa shape index (κ3) is 2.19. The average molecular weight is 251 g/mol. The topological polar surface area (TPSA) is 29.5 Å². The lowest BCUT2D eigenvalue weighted by Gasteiger charge is -2.38. The van der Waals surface area contributed by atoms with Gasteiger partial charge >= 0.3 is 0 Å². The second kappa shape index (κ2) is 4.59. The van der Waals surface area contributed by atoms with Crippen molar-refractivity contribution in [1.82, 2.24) is 0 Å². The van der Waals surface area contributed by atoms with Gasteiger partial charge in [-0.2, -0.15) is 0 Å². The van der Waals surface area contributed by atoms with Crippen LogP contribution in [-0.4, -0.2) is 24.7 Å². The molecule has 0 bridgehead atoms. The summed E-state index contributed by atoms with van der Waals surface area (Å²) in [6.07, 6.45) is 0.342. The number of nitrogens with zero attached hydrogens (tertiary/aromatic N) is 1. The maximum atomic E-state index is 12.3. The molecule has 0 spiro atoms. The van der Waals surface area contributed by atoms with Crippen LogP contribution < -0.4 is 9.64 Å². The Morgan fingerprint density at radius 2 is 2.11 bits per heavy atom. The van der Waals surface area contributed by atoms with Crippen LogP contribution in [0, 0.1) is 6.92 Å². The Balaban J connectivity index is 2.42. The van der Waals surface area contributed by atoms with Gasteiger partial charge in [0.05, 0.1) is 12.4 Å². The smallest absolute Gasteiger partial charge is 0.270 e. The SMILES string of the molecule is Cc1ccc2c(c1)OC(C)(C)C(=O)N2CCCF. The van der Waals surface area contributed by atoms with E-state index < -0.39 is 12.3 Å². The molecule has 0 aliphatic carbocycles. The molecule has 0 saturated carbocycles. The summed E-state index contributed by atoms with van der Waals surface area (Å²) >= 11 is 0. The van der Waals surface area contributed by atoms with E-state index >= 15 is 0 Å². The minimum Gasteiger partial charge on any atom is -0.476 e. The average Bonchev–Trinajstić information content (AvgIpc) is 2.29. The summed E-state index contributed by atoms with van der Waals surface area (Å²) < 4.78 is 18.1. The van der Waals surface area contributed by atoms with E-state index in [9.17, 15) is 9.18 Å². The fraction of sp³-hybridized carbons (Fsp3) is 0.500. The lowest BCUT2D eigenvalue weighted by molar-refractivity contribution is -0.132. The molecular weight excluding hydrogens is 233 g/mol. The van der Waals surface area contributed by atoms with Gasteiger partial charge < -0.3 is 9.64 Å². The molecule has 2 rings (SSSR count). The highest BCUT2D eigenvalue weighted by Crippen LogP contribution is 2.38. The molecule has 0 radical (unpaired) electrons. The summed E-state index contributed by atoms with van der Waals surface area (Å²) in [6, 6.07) is 5.69. The molecule has 18 heavy (non-hydrogen) atoms. The molecule has 0 aromatic heterocycles. The number of aryl methyl sites for hydroxylation is 1. The Bertz CT molecular complexity index is 471. The van der Waals surface area contributed by atoms with E-state index in [-0.39, 0.29) is 5.91 Å². The molecule has 0 atom stereocenters. The summed E-state index contributed by atoms with van der Waals surface area (Å²) in [5.41, 5.74) is 0.916. The van der Waals surface area contributed by atoms with Crippen molar-refractivity contribution in [2.24, 2.45) is 0 Å². The highest BCUT2D eigenvalue weighted by Gasteiger charge is 2.40. The number of anilines is 1. The number of benzene rings is 1. The second-order valence-electron chi connectivity index (χ2n) is 5.08. The Kier molecular flexibility index (Phi) is 3.28. The zero-order chi connectivity index (χ0) is 13.3. The number of alkyl halides is 1. The summed E-state index contributed by atoms with van der Waals surface area (Å²) in [5.74, 6) is 0.575. The molecule has 0 N–H and O–H groups in total. The van der Waals surface area contributed by atoms with Crippen molar-refractivity contribution in [3.8, 4) is 5.75 Å². The van der Waals surface area contributed by atoms with E-state index in [1.165, 1.54) is 0 Å². The molecule has 0 unspecified atom stereocenters. The fourth-order valence-electron chi connectivity index (χ4n) is 2.12. The number of carbonyl (C=O) groups excluding carboxylic acids is 1. The van der Waals surface area contributed by atoms with Crippen molar-refractivity contribution in [2.75, 3.05) is 18.1 Å². The van der Waals surface area contributed by atoms with Gasteiger partial charge in [-0.3, -0.25) is 9.18 Å². The minimum absolute atomic E-state index is 0.118. The van der Waals surface area contributed by atoms with Gasteiger partial charge in [0, 0.05) is 6.54 Å². The van der Waals surface area contributed by atoms with Crippen LogP contribution in [0.25, 0.3) is 0 Å². The fourth-order valence-corrected chi connectivity index (χ4v) is 2.12. The lowest BCUT2D eigenvalue weighted by Crippen LogP contribution is -2.52. The largest absolute Gasteiger partial charge is 0.476 e. The molecule has 0 saturated heterocycles. The van der Waals surface area contributed by atoms with Gasteiger partial charge in [0.15, 0.2) is 5.60 Å². The number of hydrogen-bond acceptors (Lipinski definition) is 2. The number of hydrogen-bond donors (Lipinski definition) is 0. The van der Waals surface area contributed by atoms with Gasteiger partial charge in [0.2, 0.25) is 0 Å². The summed E-state index contributed by atoms with van der Waals surface area (Å²) in [7, 11) is 0. The predicted molar refractivity (Wildman–Crippen MR) is 68.8 cm³/mol. The first-order valence-corrected chi connectivity index (χ1v) is 6.13. The van der Waals surface area contributed by atoms with Gasteiger partial charge in [-0.1, -0.05) is 6.07 Å².